The maximum atomic E-state index is 4.21. The summed E-state index contributed by atoms with van der Waals surface area (Å²) in [4.78, 5) is 0. The summed E-state index contributed by atoms with van der Waals surface area (Å²) in [5.74, 6) is 2.05. The summed E-state index contributed by atoms with van der Waals surface area (Å²) < 4.78 is 0. The summed E-state index contributed by atoms with van der Waals surface area (Å²) in [6.07, 6.45) is 16.2. The predicted octanol–water partition coefficient (Wildman–Crippen LogP) is 24.2. The average Bonchev–Trinajstić information content (AvgIpc) is 3.85. The minimum absolute atomic E-state index is 0.528. The van der Waals surface area contributed by atoms with Gasteiger partial charge < -0.3 is 0 Å². The second-order valence-electron chi connectivity index (χ2n) is 22.4. The molecular weight excluding hydrogens is 961 g/mol. The molecule has 0 N–H and O–H groups in total. The third-order valence-corrected chi connectivity index (χ3v) is 15.8. The van der Waals surface area contributed by atoms with Crippen LogP contribution in [0.2, 0.25) is 0 Å². The molecule has 0 heterocycles. The van der Waals surface area contributed by atoms with Gasteiger partial charge in [-0.3, -0.25) is 0 Å². The van der Waals surface area contributed by atoms with E-state index in [4.69, 9.17) is 0 Å². The number of allylic oxidation sites excluding steroid dienone is 7. The van der Waals surface area contributed by atoms with E-state index in [0.717, 1.165) is 43.9 Å². The molecule has 0 bridgehead atoms. The molecule has 0 fully saturated rings. The predicted molar refractivity (Wildman–Crippen MR) is 358 cm³/mol. The van der Waals surface area contributed by atoms with E-state index in [9.17, 15) is 0 Å². The van der Waals surface area contributed by atoms with Crippen molar-refractivity contribution < 1.29 is 0 Å². The first kappa shape index (κ1) is 63.6. The lowest BCUT2D eigenvalue weighted by atomic mass is 9.82. The molecule has 8 aromatic rings. The Morgan fingerprint density at radius 3 is 1.68 bits per heavy atom. The highest BCUT2D eigenvalue weighted by atomic mass is 14.2. The molecule has 416 valence electrons. The molecule has 0 saturated heterocycles. The molecule has 0 nitrogen and oxygen atoms in total. The van der Waals surface area contributed by atoms with E-state index in [1.165, 1.54) is 122 Å². The van der Waals surface area contributed by atoms with Gasteiger partial charge in [0, 0.05) is 0 Å². The van der Waals surface area contributed by atoms with E-state index in [1.54, 1.807) is 0 Å². The van der Waals surface area contributed by atoms with Crippen LogP contribution in [0.1, 0.15) is 156 Å². The Morgan fingerprint density at radius 1 is 0.512 bits per heavy atom. The molecule has 0 aliphatic heterocycles. The molecule has 9 rings (SSSR count). The number of benzene rings is 8. The van der Waals surface area contributed by atoms with Crippen LogP contribution < -0.4 is 0 Å². The topological polar surface area (TPSA) is 0 Å². The van der Waals surface area contributed by atoms with Crippen molar-refractivity contribution in [1.29, 1.82) is 0 Å². The first-order chi connectivity index (χ1) is 38.5. The molecule has 0 heteroatoms. The Labute approximate surface area is 487 Å². The summed E-state index contributed by atoms with van der Waals surface area (Å²) in [5, 5.41) is 0. The molecule has 2 atom stereocenters. The highest BCUT2D eigenvalue weighted by molar-refractivity contribution is 5.93. The quantitative estimate of drug-likeness (QED) is 0.0797. The van der Waals surface area contributed by atoms with E-state index in [-0.39, 0.29) is 0 Å². The molecule has 8 aromatic carbocycles. The van der Waals surface area contributed by atoms with Crippen LogP contribution in [-0.2, 0) is 6.42 Å². The lowest BCUT2D eigenvalue weighted by molar-refractivity contribution is 0.504. The molecule has 0 aromatic heterocycles. The van der Waals surface area contributed by atoms with Gasteiger partial charge >= 0.3 is 0 Å². The highest BCUT2D eigenvalue weighted by Crippen LogP contribution is 2.43. The minimum Gasteiger partial charge on any atom is -0.0984 e. The maximum Gasteiger partial charge on any atom is -0.00135 e. The fourth-order valence-corrected chi connectivity index (χ4v) is 10.5. The summed E-state index contributed by atoms with van der Waals surface area (Å²) in [6.45, 7) is 39.5. The van der Waals surface area contributed by atoms with Gasteiger partial charge in [-0.1, -0.05) is 284 Å². The van der Waals surface area contributed by atoms with Crippen molar-refractivity contribution in [2.75, 3.05) is 0 Å². The Kier molecular flexibility index (Phi) is 25.5. The standard InChI is InChI=1S/C40H46.C14H12.C13H12.C8H16.C5H10/c1-10-15-28(6)33(12-3)36-22-23-37(40(31(36)9)35-17-14-13-16-29(35)7)32-19-21-34(30(8)25-32)38-20-18-26(4)24-39(38)27(5)11-2;1-10-6-7-12-9-11-4-2-3-5-13(11)14(12)8-10;1-11-7-9-13(10-8-11)12-5-3-2-4-6-12;1-5-6-8(4)7(2)3;1-3-5-4-2/h12-14,16-25,27H,3,10-11,15H2,1-2,4-9H3;2-8H,9H2,1H3;2-10H,1H3;5-8H,1-4H3;3,5H,4H2,1-2H3/b33-28+;;;6-5-;5-3-. The van der Waals surface area contributed by atoms with Crippen LogP contribution >= 0.6 is 0 Å². The Morgan fingerprint density at radius 2 is 1.09 bits per heavy atom. The van der Waals surface area contributed by atoms with Gasteiger partial charge in [0.15, 0.2) is 0 Å². The van der Waals surface area contributed by atoms with Crippen molar-refractivity contribution in [1.82, 2.24) is 0 Å². The van der Waals surface area contributed by atoms with Crippen LogP contribution in [0, 0.1) is 53.4 Å². The Bertz CT molecular complexity index is 3310. The Hall–Kier alpha value is -7.28. The minimum atomic E-state index is 0.528. The van der Waals surface area contributed by atoms with Crippen molar-refractivity contribution in [3.8, 4) is 55.6 Å². The van der Waals surface area contributed by atoms with Gasteiger partial charge in [-0.15, -0.1) is 0 Å². The molecular formula is C80H96. The van der Waals surface area contributed by atoms with Gasteiger partial charge in [0.05, 0.1) is 0 Å². The van der Waals surface area contributed by atoms with E-state index in [0.29, 0.717) is 5.92 Å². The van der Waals surface area contributed by atoms with Crippen LogP contribution in [-0.4, -0.2) is 0 Å². The third kappa shape index (κ3) is 17.4. The first-order valence-electron chi connectivity index (χ1n) is 29.8. The molecule has 2 unspecified atom stereocenters. The number of fused-ring (bicyclic) bond motifs is 3. The van der Waals surface area contributed by atoms with E-state index in [2.05, 4.69) is 299 Å². The molecule has 0 radical (unpaired) electrons. The van der Waals surface area contributed by atoms with E-state index in [1.807, 2.05) is 19.1 Å². The Balaban J connectivity index is 0.000000235. The monoisotopic (exact) mass is 1060 g/mol. The molecule has 0 amide bonds. The SMILES string of the molecule is C/C=C\C(C)C(C)C.C/C=C\CC.C=C/C(=C(/C)CCC)c1ccc(-c2ccc(-c3ccc(C)cc3C(C)CC)c(C)c2)c(-c2ccccc2C)c1C.Cc1ccc(-c2ccccc2)cc1.Cc1ccc2c(c1)-c1ccccc1C2. The van der Waals surface area contributed by atoms with E-state index >= 15 is 0 Å². The van der Waals surface area contributed by atoms with Crippen LogP contribution in [0.5, 0.6) is 0 Å². The van der Waals surface area contributed by atoms with Gasteiger partial charge in [0.25, 0.3) is 0 Å². The fraction of sp³-hybridized carbons (Fsp3) is 0.300. The van der Waals surface area contributed by atoms with Gasteiger partial charge in [-0.25, -0.2) is 0 Å². The van der Waals surface area contributed by atoms with Crippen LogP contribution in [0.4, 0.5) is 0 Å². The fourth-order valence-electron chi connectivity index (χ4n) is 10.5. The average molecular weight is 1060 g/mol. The van der Waals surface area contributed by atoms with Crippen LogP contribution in [0.3, 0.4) is 0 Å². The second-order valence-corrected chi connectivity index (χ2v) is 22.4. The van der Waals surface area contributed by atoms with Crippen molar-refractivity contribution in [3.05, 3.63) is 268 Å². The zero-order valence-electron chi connectivity index (χ0n) is 52.0. The lowest BCUT2D eigenvalue weighted by Crippen LogP contribution is -1.99. The van der Waals surface area contributed by atoms with Gasteiger partial charge in [-0.2, -0.15) is 0 Å². The smallest absolute Gasteiger partial charge is 0.00135 e. The summed E-state index contributed by atoms with van der Waals surface area (Å²) in [5.41, 5.74) is 29.5. The number of hydrogen-bond acceptors (Lipinski definition) is 0. The van der Waals surface area contributed by atoms with Gasteiger partial charge in [0.2, 0.25) is 0 Å². The lowest BCUT2D eigenvalue weighted by Gasteiger charge is -2.22. The largest absolute Gasteiger partial charge is 0.0984 e. The molecule has 1 aliphatic carbocycles. The zero-order valence-corrected chi connectivity index (χ0v) is 52.0. The first-order valence-corrected chi connectivity index (χ1v) is 29.8. The number of rotatable bonds is 13. The van der Waals surface area contributed by atoms with Crippen molar-refractivity contribution >= 4 is 5.57 Å². The zero-order chi connectivity index (χ0) is 58.3. The van der Waals surface area contributed by atoms with Crippen molar-refractivity contribution in [2.45, 2.75) is 149 Å². The van der Waals surface area contributed by atoms with Gasteiger partial charge in [0.1, 0.15) is 0 Å². The van der Waals surface area contributed by atoms with Gasteiger partial charge in [-0.05, 0) is 206 Å². The van der Waals surface area contributed by atoms with Crippen molar-refractivity contribution in [2.24, 2.45) is 11.8 Å². The normalized spacial score (nSPS) is 12.3. The highest BCUT2D eigenvalue weighted by Gasteiger charge is 2.20. The maximum absolute atomic E-state index is 4.21. The summed E-state index contributed by atoms with van der Waals surface area (Å²) in [6, 6.07) is 61.9. The second kappa shape index (κ2) is 32.1. The van der Waals surface area contributed by atoms with E-state index < -0.39 is 0 Å². The molecule has 0 spiro atoms. The third-order valence-electron chi connectivity index (χ3n) is 15.8. The number of aryl methyl sites for hydroxylation is 5. The molecule has 0 saturated carbocycles. The molecule has 1 aliphatic rings. The van der Waals surface area contributed by atoms with Crippen LogP contribution in [0.25, 0.3) is 61.2 Å². The van der Waals surface area contributed by atoms with Crippen LogP contribution in [0.15, 0.2) is 212 Å². The van der Waals surface area contributed by atoms with Crippen molar-refractivity contribution in [3.63, 3.8) is 0 Å². The summed E-state index contributed by atoms with van der Waals surface area (Å²) >= 11 is 0. The number of hydrogen-bond donors (Lipinski definition) is 0. The summed E-state index contributed by atoms with van der Waals surface area (Å²) in [7, 11) is 0. The molecule has 80 heavy (non-hydrogen) atoms.